The van der Waals surface area contributed by atoms with Gasteiger partial charge in [0.25, 0.3) is 0 Å². The molecule has 0 fully saturated rings. The van der Waals surface area contributed by atoms with E-state index in [9.17, 15) is 0 Å². The minimum atomic E-state index is 1.09. The summed E-state index contributed by atoms with van der Waals surface area (Å²) in [6.45, 7) is 5.68. The van der Waals surface area contributed by atoms with Crippen molar-refractivity contribution in [3.8, 4) is 0 Å². The van der Waals surface area contributed by atoms with Crippen LogP contribution in [0.5, 0.6) is 0 Å². The van der Waals surface area contributed by atoms with Gasteiger partial charge in [0, 0.05) is 25.5 Å². The van der Waals surface area contributed by atoms with Gasteiger partial charge in [-0.3, -0.25) is 4.98 Å². The lowest BCUT2D eigenvalue weighted by Crippen LogP contribution is -2.29. The molecule has 0 radical (unpaired) electrons. The Morgan fingerprint density at radius 2 is 1.55 bits per heavy atom. The minimum absolute atomic E-state index is 1.09. The first kappa shape index (κ1) is 14.7. The van der Waals surface area contributed by atoms with Gasteiger partial charge in [-0.25, -0.2) is 0 Å². The van der Waals surface area contributed by atoms with Crippen molar-refractivity contribution < 1.29 is 0 Å². The van der Waals surface area contributed by atoms with Gasteiger partial charge in [-0.15, -0.1) is 0 Å². The Morgan fingerprint density at radius 1 is 0.850 bits per heavy atom. The number of pyridine rings is 1. The predicted molar refractivity (Wildman–Crippen MR) is 84.8 cm³/mol. The van der Waals surface area contributed by atoms with Gasteiger partial charge in [0.1, 0.15) is 0 Å². The fourth-order valence-electron chi connectivity index (χ4n) is 2.42. The van der Waals surface area contributed by atoms with E-state index < -0.39 is 0 Å². The van der Waals surface area contributed by atoms with E-state index in [0.29, 0.717) is 0 Å². The summed E-state index contributed by atoms with van der Waals surface area (Å²) in [5.41, 5.74) is 2.75. The van der Waals surface area contributed by atoms with Crippen molar-refractivity contribution >= 4 is 0 Å². The summed E-state index contributed by atoms with van der Waals surface area (Å²) in [7, 11) is 0. The van der Waals surface area contributed by atoms with Crippen molar-refractivity contribution in [1.29, 1.82) is 0 Å². The van der Waals surface area contributed by atoms with Crippen LogP contribution >= 0.6 is 0 Å². The third-order valence-electron chi connectivity index (χ3n) is 3.54. The highest BCUT2D eigenvalue weighted by Gasteiger charge is 2.04. The molecule has 20 heavy (non-hydrogen) atoms. The third-order valence-corrected chi connectivity index (χ3v) is 3.54. The van der Waals surface area contributed by atoms with Gasteiger partial charge in [-0.2, -0.15) is 0 Å². The molecular weight excluding hydrogens is 244 g/mol. The van der Waals surface area contributed by atoms with E-state index in [-0.39, 0.29) is 0 Å². The van der Waals surface area contributed by atoms with Gasteiger partial charge in [0.2, 0.25) is 0 Å². The standard InChI is InChI=1S/C18H24N2/c1-2-13-20(14-10-17-7-4-3-5-8-17)15-11-18-9-6-12-19-16-18/h3-9,12,16H,2,10-11,13-15H2,1H3. The lowest BCUT2D eigenvalue weighted by molar-refractivity contribution is 0.281. The molecule has 0 amide bonds. The zero-order valence-electron chi connectivity index (χ0n) is 12.3. The molecule has 0 N–H and O–H groups in total. The van der Waals surface area contributed by atoms with E-state index in [1.165, 1.54) is 24.1 Å². The van der Waals surface area contributed by atoms with E-state index in [1.54, 1.807) is 0 Å². The summed E-state index contributed by atoms with van der Waals surface area (Å²) >= 11 is 0. The predicted octanol–water partition coefficient (Wildman–Crippen LogP) is 3.58. The average Bonchev–Trinajstić information content (AvgIpc) is 2.52. The van der Waals surface area contributed by atoms with Crippen molar-refractivity contribution in [3.05, 3.63) is 66.0 Å². The zero-order chi connectivity index (χ0) is 14.0. The summed E-state index contributed by atoms with van der Waals surface area (Å²) in [5, 5.41) is 0. The lowest BCUT2D eigenvalue weighted by Gasteiger charge is -2.21. The molecule has 0 saturated heterocycles. The number of hydrogen-bond donors (Lipinski definition) is 0. The molecule has 1 aromatic heterocycles. The number of nitrogens with zero attached hydrogens (tertiary/aromatic N) is 2. The maximum atomic E-state index is 4.18. The van der Waals surface area contributed by atoms with Crippen LogP contribution < -0.4 is 0 Å². The van der Waals surface area contributed by atoms with Gasteiger partial charge in [-0.1, -0.05) is 43.3 Å². The first-order valence-electron chi connectivity index (χ1n) is 7.53. The van der Waals surface area contributed by atoms with E-state index in [0.717, 1.165) is 25.9 Å². The van der Waals surface area contributed by atoms with Gasteiger partial charge in [0.05, 0.1) is 0 Å². The molecule has 0 aliphatic rings. The second-order valence-corrected chi connectivity index (χ2v) is 5.19. The minimum Gasteiger partial charge on any atom is -0.303 e. The second kappa shape index (κ2) is 8.49. The summed E-state index contributed by atoms with van der Waals surface area (Å²) < 4.78 is 0. The fraction of sp³-hybridized carbons (Fsp3) is 0.389. The van der Waals surface area contributed by atoms with Crippen LogP contribution in [0.2, 0.25) is 0 Å². The summed E-state index contributed by atoms with van der Waals surface area (Å²) in [4.78, 5) is 6.74. The summed E-state index contributed by atoms with van der Waals surface area (Å²) in [6, 6.07) is 14.9. The molecule has 1 aromatic carbocycles. The van der Waals surface area contributed by atoms with Crippen molar-refractivity contribution in [2.24, 2.45) is 0 Å². The molecule has 0 aliphatic heterocycles. The maximum Gasteiger partial charge on any atom is 0.0300 e. The average molecular weight is 268 g/mol. The van der Waals surface area contributed by atoms with E-state index in [1.807, 2.05) is 18.5 Å². The lowest BCUT2D eigenvalue weighted by atomic mass is 10.1. The molecule has 0 bridgehead atoms. The first-order valence-corrected chi connectivity index (χ1v) is 7.53. The molecule has 2 nitrogen and oxygen atoms in total. The summed E-state index contributed by atoms with van der Waals surface area (Å²) in [6.07, 6.45) is 7.24. The van der Waals surface area contributed by atoms with E-state index in [4.69, 9.17) is 0 Å². The Bertz CT molecular complexity index is 424. The van der Waals surface area contributed by atoms with Crippen LogP contribution in [0.4, 0.5) is 0 Å². The molecule has 0 saturated carbocycles. The smallest absolute Gasteiger partial charge is 0.0300 e. The molecule has 0 unspecified atom stereocenters. The molecule has 106 valence electrons. The molecule has 0 spiro atoms. The number of benzene rings is 1. The van der Waals surface area contributed by atoms with Gasteiger partial charge in [-0.05, 0) is 43.0 Å². The second-order valence-electron chi connectivity index (χ2n) is 5.19. The van der Waals surface area contributed by atoms with E-state index in [2.05, 4.69) is 53.2 Å². The third kappa shape index (κ3) is 5.14. The van der Waals surface area contributed by atoms with Gasteiger partial charge < -0.3 is 4.90 Å². The zero-order valence-corrected chi connectivity index (χ0v) is 12.3. The highest BCUT2D eigenvalue weighted by molar-refractivity contribution is 5.15. The van der Waals surface area contributed by atoms with Crippen molar-refractivity contribution in [3.63, 3.8) is 0 Å². The van der Waals surface area contributed by atoms with Crippen LogP contribution in [-0.2, 0) is 12.8 Å². The summed E-state index contributed by atoms with van der Waals surface area (Å²) in [5.74, 6) is 0. The fourth-order valence-corrected chi connectivity index (χ4v) is 2.42. The normalized spacial score (nSPS) is 10.9. The maximum absolute atomic E-state index is 4.18. The van der Waals surface area contributed by atoms with E-state index >= 15 is 0 Å². The van der Waals surface area contributed by atoms with Crippen LogP contribution in [-0.4, -0.2) is 29.5 Å². The highest BCUT2D eigenvalue weighted by atomic mass is 15.1. The molecule has 1 heterocycles. The first-order chi connectivity index (χ1) is 9.88. The van der Waals surface area contributed by atoms with Crippen molar-refractivity contribution in [1.82, 2.24) is 9.88 Å². The highest BCUT2D eigenvalue weighted by Crippen LogP contribution is 2.04. The number of hydrogen-bond acceptors (Lipinski definition) is 2. The van der Waals surface area contributed by atoms with Crippen LogP contribution in [0.3, 0.4) is 0 Å². The van der Waals surface area contributed by atoms with Crippen LogP contribution in [0.1, 0.15) is 24.5 Å². The monoisotopic (exact) mass is 268 g/mol. The Kier molecular flexibility index (Phi) is 6.25. The van der Waals surface area contributed by atoms with Crippen LogP contribution in [0.25, 0.3) is 0 Å². The number of rotatable bonds is 8. The topological polar surface area (TPSA) is 16.1 Å². The molecule has 2 aromatic rings. The SMILES string of the molecule is CCCN(CCc1ccccc1)CCc1cccnc1. The van der Waals surface area contributed by atoms with Crippen molar-refractivity contribution in [2.45, 2.75) is 26.2 Å². The molecule has 2 heteroatoms. The Labute approximate surface area is 122 Å². The van der Waals surface area contributed by atoms with Crippen LogP contribution in [0, 0.1) is 0 Å². The largest absolute Gasteiger partial charge is 0.303 e. The van der Waals surface area contributed by atoms with Crippen LogP contribution in [0.15, 0.2) is 54.9 Å². The van der Waals surface area contributed by atoms with Crippen molar-refractivity contribution in [2.75, 3.05) is 19.6 Å². The quantitative estimate of drug-likeness (QED) is 0.727. The molecule has 0 aliphatic carbocycles. The number of aromatic nitrogens is 1. The molecular formula is C18H24N2. The van der Waals surface area contributed by atoms with Gasteiger partial charge in [0.15, 0.2) is 0 Å². The Balaban J connectivity index is 1.81. The molecule has 0 atom stereocenters. The Morgan fingerprint density at radius 3 is 2.20 bits per heavy atom. The van der Waals surface area contributed by atoms with Gasteiger partial charge >= 0.3 is 0 Å². The molecule has 2 rings (SSSR count). The Hall–Kier alpha value is -1.67.